The lowest BCUT2D eigenvalue weighted by molar-refractivity contribution is -0.148. The van der Waals surface area contributed by atoms with Gasteiger partial charge in [0.1, 0.15) is 11.5 Å². The van der Waals surface area contributed by atoms with Crippen LogP contribution in [0.3, 0.4) is 0 Å². The summed E-state index contributed by atoms with van der Waals surface area (Å²) in [4.78, 5) is 10.8. The minimum Gasteiger partial charge on any atom is -0.479 e. The molecule has 0 radical (unpaired) electrons. The lowest BCUT2D eigenvalue weighted by atomic mass is 9.90. The van der Waals surface area contributed by atoms with Crippen LogP contribution in [0.2, 0.25) is 0 Å². The van der Waals surface area contributed by atoms with E-state index in [1.807, 2.05) is 13.0 Å². The third-order valence-electron chi connectivity index (χ3n) is 3.12. The van der Waals surface area contributed by atoms with Gasteiger partial charge in [0.05, 0.1) is 0 Å². The van der Waals surface area contributed by atoms with Gasteiger partial charge in [-0.05, 0) is 32.8 Å². The fourth-order valence-electron chi connectivity index (χ4n) is 2.19. The van der Waals surface area contributed by atoms with E-state index in [4.69, 9.17) is 9.52 Å². The number of furan rings is 1. The van der Waals surface area contributed by atoms with Crippen LogP contribution in [0.15, 0.2) is 10.5 Å². The summed E-state index contributed by atoms with van der Waals surface area (Å²) in [5.74, 6) is 0.308. The first kappa shape index (κ1) is 10.2. The molecule has 1 aromatic rings. The largest absolute Gasteiger partial charge is 0.479 e. The van der Waals surface area contributed by atoms with Gasteiger partial charge in [-0.25, -0.2) is 4.79 Å². The van der Waals surface area contributed by atoms with E-state index < -0.39 is 17.5 Å². The topological polar surface area (TPSA) is 70.7 Å². The van der Waals surface area contributed by atoms with Crippen LogP contribution in [-0.4, -0.2) is 22.3 Å². The molecule has 1 heterocycles. The van der Waals surface area contributed by atoms with Crippen molar-refractivity contribution in [2.45, 2.75) is 38.2 Å². The second-order valence-corrected chi connectivity index (χ2v) is 4.22. The molecule has 82 valence electrons. The van der Waals surface area contributed by atoms with Crippen molar-refractivity contribution in [3.63, 3.8) is 0 Å². The molecule has 0 spiro atoms. The fraction of sp³-hybridized carbons (Fsp3) is 0.545. The van der Waals surface area contributed by atoms with E-state index in [2.05, 4.69) is 0 Å². The zero-order valence-corrected chi connectivity index (χ0v) is 8.78. The number of aliphatic carboxylic acids is 1. The average molecular weight is 210 g/mol. The van der Waals surface area contributed by atoms with Gasteiger partial charge in [-0.1, -0.05) is 0 Å². The molecule has 1 fully saturated rings. The molecular weight excluding hydrogens is 196 g/mol. The molecule has 1 saturated carbocycles. The number of carbonyl (C=O) groups is 1. The van der Waals surface area contributed by atoms with E-state index in [1.54, 1.807) is 6.92 Å². The average Bonchev–Trinajstić information content (AvgIpc) is 2.87. The van der Waals surface area contributed by atoms with E-state index in [9.17, 15) is 9.90 Å². The third kappa shape index (κ3) is 1.45. The van der Waals surface area contributed by atoms with Gasteiger partial charge in [0.15, 0.2) is 6.10 Å². The summed E-state index contributed by atoms with van der Waals surface area (Å²) in [6.07, 6.45) is 0.0915. The zero-order valence-electron chi connectivity index (χ0n) is 8.78. The molecule has 0 aliphatic heterocycles. The molecule has 1 aliphatic carbocycles. The van der Waals surface area contributed by atoms with Crippen molar-refractivity contribution >= 4 is 5.97 Å². The summed E-state index contributed by atoms with van der Waals surface area (Å²) in [6.45, 7) is 3.62. The fourth-order valence-corrected chi connectivity index (χ4v) is 2.19. The summed E-state index contributed by atoms with van der Waals surface area (Å²) in [6, 6.07) is 1.83. The quantitative estimate of drug-likeness (QED) is 0.790. The first-order valence-corrected chi connectivity index (χ1v) is 4.96. The van der Waals surface area contributed by atoms with Gasteiger partial charge >= 0.3 is 5.97 Å². The van der Waals surface area contributed by atoms with E-state index >= 15 is 0 Å². The summed E-state index contributed by atoms with van der Waals surface area (Å²) in [7, 11) is 0. The number of aliphatic hydroxyl groups excluding tert-OH is 1. The van der Waals surface area contributed by atoms with E-state index in [0.717, 1.165) is 11.3 Å². The van der Waals surface area contributed by atoms with Crippen molar-refractivity contribution in [3.05, 3.63) is 23.2 Å². The lowest BCUT2D eigenvalue weighted by Crippen LogP contribution is -2.34. The maximum atomic E-state index is 10.8. The predicted octanol–water partition coefficient (Wildman–Crippen LogP) is 1.37. The van der Waals surface area contributed by atoms with Crippen LogP contribution in [0.1, 0.15) is 29.9 Å². The highest BCUT2D eigenvalue weighted by atomic mass is 16.4. The second kappa shape index (κ2) is 3.10. The number of carboxylic acid groups (broad SMARTS) is 1. The molecule has 0 aromatic carbocycles. The zero-order chi connectivity index (χ0) is 11.2. The number of rotatable bonds is 3. The standard InChI is InChI=1S/C11H14O4/c1-6-5-8(7(2)15-6)11(3-4-11)9(12)10(13)14/h5,9,12H,3-4H2,1-2H3,(H,13,14). The van der Waals surface area contributed by atoms with Crippen LogP contribution in [0.25, 0.3) is 0 Å². The summed E-state index contributed by atoms with van der Waals surface area (Å²) >= 11 is 0. The number of aliphatic hydroxyl groups is 1. The van der Waals surface area contributed by atoms with Crippen molar-refractivity contribution in [3.8, 4) is 0 Å². The number of hydrogen-bond acceptors (Lipinski definition) is 3. The van der Waals surface area contributed by atoms with Crippen LogP contribution < -0.4 is 0 Å². The first-order valence-electron chi connectivity index (χ1n) is 4.96. The molecule has 0 bridgehead atoms. The predicted molar refractivity (Wildman–Crippen MR) is 52.7 cm³/mol. The number of aryl methyl sites for hydroxylation is 2. The van der Waals surface area contributed by atoms with Gasteiger partial charge in [-0.15, -0.1) is 0 Å². The normalized spacial score (nSPS) is 19.9. The van der Waals surface area contributed by atoms with Crippen LogP contribution in [0.4, 0.5) is 0 Å². The van der Waals surface area contributed by atoms with Crippen molar-refractivity contribution < 1.29 is 19.4 Å². The second-order valence-electron chi connectivity index (χ2n) is 4.22. The SMILES string of the molecule is Cc1cc(C2(C(O)C(=O)O)CC2)c(C)o1. The Morgan fingerprint density at radius 1 is 1.53 bits per heavy atom. The number of hydrogen-bond donors (Lipinski definition) is 2. The van der Waals surface area contributed by atoms with Gasteiger partial charge < -0.3 is 14.6 Å². The molecule has 4 nitrogen and oxygen atoms in total. The molecular formula is C11H14O4. The molecule has 2 rings (SSSR count). The Bertz CT molecular complexity index is 401. The van der Waals surface area contributed by atoms with Crippen molar-refractivity contribution in [1.82, 2.24) is 0 Å². The maximum absolute atomic E-state index is 10.8. The molecule has 1 aromatic heterocycles. The molecule has 1 unspecified atom stereocenters. The monoisotopic (exact) mass is 210 g/mol. The van der Waals surface area contributed by atoms with Crippen LogP contribution >= 0.6 is 0 Å². The van der Waals surface area contributed by atoms with Crippen LogP contribution in [-0.2, 0) is 10.2 Å². The Morgan fingerprint density at radius 2 is 2.13 bits per heavy atom. The van der Waals surface area contributed by atoms with Gasteiger partial charge in [0.2, 0.25) is 0 Å². The van der Waals surface area contributed by atoms with Crippen LogP contribution in [0.5, 0.6) is 0 Å². The van der Waals surface area contributed by atoms with Crippen molar-refractivity contribution in [2.75, 3.05) is 0 Å². The van der Waals surface area contributed by atoms with E-state index in [1.165, 1.54) is 0 Å². The highest BCUT2D eigenvalue weighted by Crippen LogP contribution is 2.52. The van der Waals surface area contributed by atoms with Gasteiger partial charge in [-0.2, -0.15) is 0 Å². The highest BCUT2D eigenvalue weighted by molar-refractivity contribution is 5.75. The molecule has 2 N–H and O–H groups in total. The highest BCUT2D eigenvalue weighted by Gasteiger charge is 2.55. The molecule has 15 heavy (non-hydrogen) atoms. The van der Waals surface area contributed by atoms with Gasteiger partial charge in [0.25, 0.3) is 0 Å². The molecule has 1 atom stereocenters. The summed E-state index contributed by atoms with van der Waals surface area (Å²) < 4.78 is 5.37. The van der Waals surface area contributed by atoms with Gasteiger partial charge in [-0.3, -0.25) is 0 Å². The minimum atomic E-state index is -1.33. The molecule has 4 heteroatoms. The molecule has 1 aliphatic rings. The number of carboxylic acids is 1. The van der Waals surface area contributed by atoms with Crippen molar-refractivity contribution in [1.29, 1.82) is 0 Å². The Kier molecular flexibility index (Phi) is 2.12. The first-order chi connectivity index (χ1) is 6.97. The Hall–Kier alpha value is -1.29. The third-order valence-corrected chi connectivity index (χ3v) is 3.12. The summed E-state index contributed by atoms with van der Waals surface area (Å²) in [5.41, 5.74) is 0.239. The Labute approximate surface area is 87.5 Å². The van der Waals surface area contributed by atoms with Crippen molar-refractivity contribution in [2.24, 2.45) is 0 Å². The summed E-state index contributed by atoms with van der Waals surface area (Å²) in [5, 5.41) is 18.5. The Balaban J connectivity index is 2.38. The Morgan fingerprint density at radius 3 is 2.47 bits per heavy atom. The molecule has 0 saturated heterocycles. The lowest BCUT2D eigenvalue weighted by Gasteiger charge is -2.17. The van der Waals surface area contributed by atoms with E-state index in [0.29, 0.717) is 18.6 Å². The maximum Gasteiger partial charge on any atom is 0.333 e. The molecule has 0 amide bonds. The van der Waals surface area contributed by atoms with Gasteiger partial charge in [0, 0.05) is 11.0 Å². The smallest absolute Gasteiger partial charge is 0.333 e. The van der Waals surface area contributed by atoms with Crippen LogP contribution in [0, 0.1) is 13.8 Å². The van der Waals surface area contributed by atoms with E-state index in [-0.39, 0.29) is 0 Å². The minimum absolute atomic E-state index is 0.603.